The first kappa shape index (κ1) is 42.2. The van der Waals surface area contributed by atoms with Crippen LogP contribution < -0.4 is 28.4 Å². The van der Waals surface area contributed by atoms with Gasteiger partial charge >= 0.3 is 0 Å². The molecule has 19 heteroatoms. The molecule has 4 aromatic rings. The number of hydrogen-bond acceptors (Lipinski definition) is 8. The maximum Gasteiger partial charge on any atom is 0.203 e. The van der Waals surface area contributed by atoms with Crippen LogP contribution >= 0.6 is 0 Å². The van der Waals surface area contributed by atoms with Crippen molar-refractivity contribution in [1.29, 1.82) is 0 Å². The fraction of sp³-hybridized carbons (Fsp3) is 0.222. The van der Waals surface area contributed by atoms with Crippen molar-refractivity contribution in [3.63, 3.8) is 0 Å². The Balaban J connectivity index is 2.15. The number of halogens is 10. The van der Waals surface area contributed by atoms with Gasteiger partial charge in [0.1, 0.15) is 10.5 Å². The summed E-state index contributed by atoms with van der Waals surface area (Å²) in [6, 6.07) is 4.19. The first-order valence-corrected chi connectivity index (χ1v) is 16.8. The van der Waals surface area contributed by atoms with Crippen LogP contribution in [0.3, 0.4) is 0 Å². The Morgan fingerprint density at radius 1 is 0.418 bits per heavy atom. The second-order valence-electron chi connectivity index (χ2n) is 11.0. The van der Waals surface area contributed by atoms with Gasteiger partial charge in [0.2, 0.25) is 23.1 Å². The van der Waals surface area contributed by atoms with E-state index >= 15 is 0 Å². The molecule has 0 spiro atoms. The van der Waals surface area contributed by atoms with E-state index in [-0.39, 0.29) is 57.8 Å². The molecule has 0 aliphatic heterocycles. The lowest BCUT2D eigenvalue weighted by Gasteiger charge is -2.24. The smallest absolute Gasteiger partial charge is 0.203 e. The summed E-state index contributed by atoms with van der Waals surface area (Å²) in [5.41, 5.74) is -3.89. The van der Waals surface area contributed by atoms with Crippen LogP contribution in [0.15, 0.2) is 36.4 Å². The number of ether oxygens (including phenoxy) is 6. The maximum atomic E-state index is 15.0. The lowest BCUT2D eigenvalue weighted by atomic mass is 10.1. The van der Waals surface area contributed by atoms with E-state index < -0.39 is 89.6 Å². The van der Waals surface area contributed by atoms with Crippen LogP contribution in [-0.4, -0.2) is 51.1 Å². The van der Waals surface area contributed by atoms with E-state index in [2.05, 4.69) is 0 Å². The number of hydrogen-bond donors (Lipinski definition) is 0. The van der Waals surface area contributed by atoms with Gasteiger partial charge in [-0.3, -0.25) is 0 Å². The zero-order valence-electron chi connectivity index (χ0n) is 29.2. The first-order chi connectivity index (χ1) is 25.9. The largest absolute Gasteiger partial charge is 0.493 e. The van der Waals surface area contributed by atoms with E-state index in [1.807, 2.05) is 0 Å². The third-order valence-corrected chi connectivity index (χ3v) is 10.4. The zero-order chi connectivity index (χ0) is 41.1. The fourth-order valence-corrected chi connectivity index (χ4v) is 7.36. The first-order valence-electron chi connectivity index (χ1n) is 15.2. The van der Waals surface area contributed by atoms with Gasteiger partial charge in [0.25, 0.3) is 0 Å². The molecule has 8 nitrogen and oxygen atoms in total. The highest BCUT2D eigenvalue weighted by molar-refractivity contribution is 7.92. The van der Waals surface area contributed by atoms with Crippen molar-refractivity contribution in [3.8, 4) is 34.5 Å². The summed E-state index contributed by atoms with van der Waals surface area (Å²) >= 11 is 0. The van der Waals surface area contributed by atoms with Gasteiger partial charge in [-0.25, -0.2) is 52.3 Å². The minimum atomic E-state index is -5.25. The average molecular weight is 811 g/mol. The molecule has 0 aromatic heterocycles. The molecule has 0 radical (unpaired) electrons. The molecule has 2 unspecified atom stereocenters. The van der Waals surface area contributed by atoms with Gasteiger partial charge in [-0.1, -0.05) is 24.3 Å². The standard InChI is InChI=1S/C36H28F10O8S/c1-49-19-11-15(12-20(50-2)35(19)53-5)23(9-7-17-25(37)29(41)33(45)30(42)26(17)38)55(47,48)24(16-13-21(51-3)36(54-6)22(14-16)52-4)10-8-18-27(39)31(43)34(46)32(44)28(18)40/h7-14,23-24H,1-6H3/b9-7-,10-8-. The van der Waals surface area contributed by atoms with Gasteiger partial charge in [-0.15, -0.1) is 0 Å². The van der Waals surface area contributed by atoms with Crippen molar-refractivity contribution in [1.82, 2.24) is 0 Å². The Hall–Kier alpha value is -5.59. The van der Waals surface area contributed by atoms with E-state index in [9.17, 15) is 52.3 Å². The highest BCUT2D eigenvalue weighted by Crippen LogP contribution is 2.47. The molecule has 2 atom stereocenters. The lowest BCUT2D eigenvalue weighted by molar-refractivity contribution is 0.323. The monoisotopic (exact) mass is 810 g/mol. The minimum absolute atomic E-state index is 0.0824. The van der Waals surface area contributed by atoms with Gasteiger partial charge in [0, 0.05) is 0 Å². The van der Waals surface area contributed by atoms with E-state index in [1.54, 1.807) is 0 Å². The average Bonchev–Trinajstić information content (AvgIpc) is 3.18. The van der Waals surface area contributed by atoms with E-state index in [0.717, 1.165) is 52.7 Å². The Kier molecular flexibility index (Phi) is 12.9. The Morgan fingerprint density at radius 3 is 0.873 bits per heavy atom. The molecular weight excluding hydrogens is 782 g/mol. The van der Waals surface area contributed by atoms with E-state index in [1.165, 1.54) is 14.2 Å². The van der Waals surface area contributed by atoms with E-state index in [4.69, 9.17) is 28.4 Å². The lowest BCUT2D eigenvalue weighted by Crippen LogP contribution is -2.20. The van der Waals surface area contributed by atoms with Crippen molar-refractivity contribution < 1.29 is 80.7 Å². The van der Waals surface area contributed by atoms with Crippen LogP contribution in [-0.2, 0) is 9.84 Å². The third kappa shape index (κ3) is 7.69. The second-order valence-corrected chi connectivity index (χ2v) is 13.2. The molecule has 55 heavy (non-hydrogen) atoms. The van der Waals surface area contributed by atoms with Gasteiger partial charge in [0.05, 0.1) is 53.8 Å². The van der Waals surface area contributed by atoms with Gasteiger partial charge in [0.15, 0.2) is 79.4 Å². The summed E-state index contributed by atoms with van der Waals surface area (Å²) in [4.78, 5) is 0. The summed E-state index contributed by atoms with van der Waals surface area (Å²) in [5, 5.41) is -4.50. The van der Waals surface area contributed by atoms with Crippen molar-refractivity contribution in [3.05, 3.63) is 117 Å². The molecule has 0 saturated carbocycles. The Labute approximate surface area is 307 Å². The maximum absolute atomic E-state index is 15.0. The molecule has 0 aliphatic carbocycles. The van der Waals surface area contributed by atoms with E-state index in [0.29, 0.717) is 12.2 Å². The summed E-state index contributed by atoms with van der Waals surface area (Å²) in [7, 11) is 1.70. The van der Waals surface area contributed by atoms with Crippen molar-refractivity contribution in [2.75, 3.05) is 42.7 Å². The van der Waals surface area contributed by atoms with Crippen LogP contribution in [0.1, 0.15) is 32.8 Å². The number of benzene rings is 4. The molecule has 0 aliphatic rings. The third-order valence-electron chi connectivity index (χ3n) is 8.10. The van der Waals surface area contributed by atoms with Gasteiger partial charge in [-0.05, 0) is 35.4 Å². The highest BCUT2D eigenvalue weighted by Gasteiger charge is 2.37. The van der Waals surface area contributed by atoms with Crippen LogP contribution in [0.2, 0.25) is 0 Å². The minimum Gasteiger partial charge on any atom is -0.493 e. The quantitative estimate of drug-likeness (QED) is 0.0710. The molecule has 0 fully saturated rings. The Bertz CT molecular complexity index is 2040. The SMILES string of the molecule is COc1cc(C(/C=C\c2c(F)c(F)c(F)c(F)c2F)S(=O)(=O)C(/C=C\c2c(F)c(F)c(F)c(F)c2F)c2cc(OC)c(OC)c(OC)c2)cc(OC)c1OC. The number of sulfone groups is 1. The topological polar surface area (TPSA) is 89.5 Å². The summed E-state index contributed by atoms with van der Waals surface area (Å²) in [6.07, 6.45) is 1.60. The molecular formula is C36H28F10O8S. The molecule has 0 heterocycles. The zero-order valence-corrected chi connectivity index (χ0v) is 30.0. The highest BCUT2D eigenvalue weighted by atomic mass is 32.2. The normalized spacial score (nSPS) is 12.9. The molecule has 4 rings (SSSR count). The molecule has 0 saturated heterocycles. The number of rotatable bonds is 14. The predicted molar refractivity (Wildman–Crippen MR) is 177 cm³/mol. The molecule has 4 aromatic carbocycles. The fourth-order valence-electron chi connectivity index (χ4n) is 5.41. The van der Waals surface area contributed by atoms with Crippen molar-refractivity contribution in [2.45, 2.75) is 10.5 Å². The summed E-state index contributed by atoms with van der Waals surface area (Å²) in [6.45, 7) is 0. The van der Waals surface area contributed by atoms with Gasteiger partial charge < -0.3 is 28.4 Å². The van der Waals surface area contributed by atoms with Crippen molar-refractivity contribution in [2.24, 2.45) is 0 Å². The predicted octanol–water partition coefficient (Wildman–Crippen LogP) is 8.75. The molecule has 0 bridgehead atoms. The summed E-state index contributed by atoms with van der Waals surface area (Å²) < 4.78 is 205. The molecule has 296 valence electrons. The molecule has 0 amide bonds. The second kappa shape index (κ2) is 16.8. The van der Waals surface area contributed by atoms with Crippen molar-refractivity contribution >= 4 is 22.0 Å². The van der Waals surface area contributed by atoms with Crippen LogP contribution in [0.4, 0.5) is 43.9 Å². The van der Waals surface area contributed by atoms with Crippen LogP contribution in [0.25, 0.3) is 12.2 Å². The summed E-state index contributed by atoms with van der Waals surface area (Å²) in [5.74, 6) is -24.7. The van der Waals surface area contributed by atoms with Gasteiger partial charge in [-0.2, -0.15) is 0 Å². The number of methoxy groups -OCH3 is 6. The van der Waals surface area contributed by atoms with Crippen LogP contribution in [0.5, 0.6) is 34.5 Å². The molecule has 0 N–H and O–H groups in total. The Morgan fingerprint density at radius 2 is 0.655 bits per heavy atom. The van der Waals surface area contributed by atoms with Crippen LogP contribution in [0, 0.1) is 58.2 Å².